The number of rotatable bonds is 2. The van der Waals surface area contributed by atoms with Gasteiger partial charge in [-0.15, -0.1) is 0 Å². The summed E-state index contributed by atoms with van der Waals surface area (Å²) in [4.78, 5) is 19.0. The van der Waals surface area contributed by atoms with E-state index in [0.717, 1.165) is 30.5 Å². The number of aromatic nitrogens is 1. The van der Waals surface area contributed by atoms with Crippen LogP contribution >= 0.6 is 0 Å². The molecule has 1 aliphatic rings. The van der Waals surface area contributed by atoms with E-state index in [2.05, 4.69) is 15.2 Å². The molecule has 0 spiro atoms. The van der Waals surface area contributed by atoms with Crippen LogP contribution in [-0.2, 0) is 4.79 Å². The molecule has 1 amide bonds. The van der Waals surface area contributed by atoms with Crippen molar-refractivity contribution in [2.75, 3.05) is 18.0 Å². The molecule has 3 rings (SSSR count). The average Bonchev–Trinajstić information content (AvgIpc) is 2.89. The van der Waals surface area contributed by atoms with Gasteiger partial charge in [0.25, 0.3) is 6.01 Å². The Morgan fingerprint density at radius 3 is 2.86 bits per heavy atom. The average molecular weight is 301 g/mol. The van der Waals surface area contributed by atoms with Gasteiger partial charge in [-0.3, -0.25) is 4.79 Å². The molecule has 2 heterocycles. The number of nitrogens with zero attached hydrogens (tertiary/aromatic N) is 2. The van der Waals surface area contributed by atoms with E-state index in [0.29, 0.717) is 12.6 Å². The number of nitrogens with one attached hydrogen (secondary N) is 1. The third-order valence-electron chi connectivity index (χ3n) is 3.84. The van der Waals surface area contributed by atoms with Crippen LogP contribution in [0, 0.1) is 5.92 Å². The Labute approximate surface area is 130 Å². The maximum absolute atomic E-state index is 12.4. The first-order chi connectivity index (χ1) is 10.4. The molecule has 0 bridgehead atoms. The Bertz CT molecular complexity index is 639. The fourth-order valence-electron chi connectivity index (χ4n) is 2.83. The number of amides is 1. The van der Waals surface area contributed by atoms with E-state index < -0.39 is 0 Å². The van der Waals surface area contributed by atoms with E-state index in [-0.39, 0.29) is 17.4 Å². The van der Waals surface area contributed by atoms with E-state index in [1.807, 2.05) is 45.0 Å². The van der Waals surface area contributed by atoms with Gasteiger partial charge in [0.05, 0.1) is 5.92 Å². The maximum atomic E-state index is 12.4. The summed E-state index contributed by atoms with van der Waals surface area (Å²) in [5, 5.41) is 3.07. The highest BCUT2D eigenvalue weighted by atomic mass is 16.4. The van der Waals surface area contributed by atoms with Crippen molar-refractivity contribution in [2.45, 2.75) is 39.2 Å². The molecule has 5 nitrogen and oxygen atoms in total. The van der Waals surface area contributed by atoms with E-state index in [4.69, 9.17) is 4.42 Å². The molecule has 1 N–H and O–H groups in total. The first kappa shape index (κ1) is 14.9. The summed E-state index contributed by atoms with van der Waals surface area (Å²) in [5.41, 5.74) is 1.45. The highest BCUT2D eigenvalue weighted by Gasteiger charge is 2.29. The van der Waals surface area contributed by atoms with Crippen molar-refractivity contribution >= 4 is 23.0 Å². The summed E-state index contributed by atoms with van der Waals surface area (Å²) in [6.45, 7) is 7.56. The zero-order valence-electron chi connectivity index (χ0n) is 13.4. The number of fused-ring (bicyclic) bond motifs is 1. The molecule has 118 valence electrons. The zero-order valence-corrected chi connectivity index (χ0v) is 13.4. The summed E-state index contributed by atoms with van der Waals surface area (Å²) in [5.74, 6) is 0.108. The summed E-state index contributed by atoms with van der Waals surface area (Å²) in [6, 6.07) is 8.36. The van der Waals surface area contributed by atoms with Crippen LogP contribution in [0.15, 0.2) is 28.7 Å². The minimum atomic E-state index is -0.197. The van der Waals surface area contributed by atoms with E-state index in [9.17, 15) is 4.79 Å². The maximum Gasteiger partial charge on any atom is 0.298 e. The highest BCUT2D eigenvalue weighted by molar-refractivity contribution is 5.80. The molecule has 0 saturated carbocycles. The van der Waals surface area contributed by atoms with Crippen LogP contribution in [0.3, 0.4) is 0 Å². The quantitative estimate of drug-likeness (QED) is 0.926. The molecule has 22 heavy (non-hydrogen) atoms. The Morgan fingerprint density at radius 2 is 2.14 bits per heavy atom. The van der Waals surface area contributed by atoms with Crippen molar-refractivity contribution in [3.05, 3.63) is 24.3 Å². The van der Waals surface area contributed by atoms with E-state index in [1.165, 1.54) is 0 Å². The molecule has 1 unspecified atom stereocenters. The van der Waals surface area contributed by atoms with Crippen LogP contribution in [0.1, 0.15) is 33.6 Å². The number of oxazole rings is 1. The SMILES string of the molecule is CC(C)(C)NC(=O)C1CCCN(c2nc3ccccc3o2)C1. The van der Waals surface area contributed by atoms with E-state index in [1.54, 1.807) is 0 Å². The van der Waals surface area contributed by atoms with Gasteiger partial charge < -0.3 is 14.6 Å². The number of carbonyl (C=O) groups is 1. The minimum absolute atomic E-state index is 0.0111. The van der Waals surface area contributed by atoms with Crippen LogP contribution in [-0.4, -0.2) is 29.5 Å². The smallest absolute Gasteiger partial charge is 0.298 e. The molecule has 1 fully saturated rings. The Morgan fingerprint density at radius 1 is 1.36 bits per heavy atom. The van der Waals surface area contributed by atoms with Gasteiger partial charge in [0, 0.05) is 18.6 Å². The number of benzene rings is 1. The Balaban J connectivity index is 1.74. The van der Waals surface area contributed by atoms with Gasteiger partial charge in [-0.05, 0) is 45.7 Å². The van der Waals surface area contributed by atoms with Crippen LogP contribution in [0.5, 0.6) is 0 Å². The van der Waals surface area contributed by atoms with Crippen LogP contribution < -0.4 is 10.2 Å². The Kier molecular flexibility index (Phi) is 3.81. The normalized spacial score (nSPS) is 19.4. The second-order valence-corrected chi connectivity index (χ2v) is 6.99. The lowest BCUT2D eigenvalue weighted by Crippen LogP contribution is -2.48. The molecule has 1 aliphatic heterocycles. The highest BCUT2D eigenvalue weighted by Crippen LogP contribution is 2.26. The minimum Gasteiger partial charge on any atom is -0.423 e. The predicted molar refractivity (Wildman–Crippen MR) is 86.8 cm³/mol. The standard InChI is InChI=1S/C17H23N3O2/c1-17(2,3)19-15(21)12-7-6-10-20(11-12)16-18-13-8-4-5-9-14(13)22-16/h4-5,8-9,12H,6-7,10-11H2,1-3H3,(H,19,21). The van der Waals surface area contributed by atoms with Gasteiger partial charge in [0.1, 0.15) is 5.52 Å². The fourth-order valence-corrected chi connectivity index (χ4v) is 2.83. The monoisotopic (exact) mass is 301 g/mol. The number of para-hydroxylation sites is 2. The lowest BCUT2D eigenvalue weighted by atomic mass is 9.96. The molecule has 0 radical (unpaired) electrons. The molecule has 1 atom stereocenters. The molecule has 1 aromatic carbocycles. The van der Waals surface area contributed by atoms with Crippen molar-refractivity contribution in [3.8, 4) is 0 Å². The number of anilines is 1. The van der Waals surface area contributed by atoms with Crippen LogP contribution in [0.2, 0.25) is 0 Å². The first-order valence-corrected chi connectivity index (χ1v) is 7.85. The van der Waals surface area contributed by atoms with Crippen molar-refractivity contribution in [1.82, 2.24) is 10.3 Å². The van der Waals surface area contributed by atoms with Gasteiger partial charge >= 0.3 is 0 Å². The van der Waals surface area contributed by atoms with E-state index >= 15 is 0 Å². The molecule has 1 saturated heterocycles. The molecule has 1 aromatic heterocycles. The number of carbonyl (C=O) groups excluding carboxylic acids is 1. The molecular formula is C17H23N3O2. The molecule has 2 aromatic rings. The summed E-state index contributed by atoms with van der Waals surface area (Å²) in [7, 11) is 0. The largest absolute Gasteiger partial charge is 0.423 e. The van der Waals surface area contributed by atoms with Crippen molar-refractivity contribution in [2.24, 2.45) is 5.92 Å². The fraction of sp³-hybridized carbons (Fsp3) is 0.529. The van der Waals surface area contributed by atoms with Crippen molar-refractivity contribution in [1.29, 1.82) is 0 Å². The topological polar surface area (TPSA) is 58.4 Å². The Hall–Kier alpha value is -2.04. The number of hydrogen-bond acceptors (Lipinski definition) is 4. The third kappa shape index (κ3) is 3.24. The van der Waals surface area contributed by atoms with Crippen molar-refractivity contribution < 1.29 is 9.21 Å². The molecule has 0 aliphatic carbocycles. The van der Waals surface area contributed by atoms with Gasteiger partial charge in [-0.2, -0.15) is 4.98 Å². The summed E-state index contributed by atoms with van der Waals surface area (Å²) in [6.07, 6.45) is 1.89. The van der Waals surface area contributed by atoms with Gasteiger partial charge in [-0.25, -0.2) is 0 Å². The van der Waals surface area contributed by atoms with Gasteiger partial charge in [0.15, 0.2) is 5.58 Å². The summed E-state index contributed by atoms with van der Waals surface area (Å²) >= 11 is 0. The molecule has 5 heteroatoms. The summed E-state index contributed by atoms with van der Waals surface area (Å²) < 4.78 is 5.82. The van der Waals surface area contributed by atoms with Crippen LogP contribution in [0.25, 0.3) is 11.1 Å². The van der Waals surface area contributed by atoms with Gasteiger partial charge in [-0.1, -0.05) is 12.1 Å². The lowest BCUT2D eigenvalue weighted by molar-refractivity contribution is -0.126. The van der Waals surface area contributed by atoms with Gasteiger partial charge in [0.2, 0.25) is 5.91 Å². The third-order valence-corrected chi connectivity index (χ3v) is 3.84. The lowest BCUT2D eigenvalue weighted by Gasteiger charge is -2.32. The zero-order chi connectivity index (χ0) is 15.7. The number of hydrogen-bond donors (Lipinski definition) is 1. The van der Waals surface area contributed by atoms with Crippen molar-refractivity contribution in [3.63, 3.8) is 0 Å². The second kappa shape index (κ2) is 5.63. The second-order valence-electron chi connectivity index (χ2n) is 6.99. The first-order valence-electron chi connectivity index (χ1n) is 7.85. The number of piperidine rings is 1. The predicted octanol–water partition coefficient (Wildman–Crippen LogP) is 2.96. The molecular weight excluding hydrogens is 278 g/mol. The van der Waals surface area contributed by atoms with Crippen LogP contribution in [0.4, 0.5) is 6.01 Å².